The molecule has 244 valence electrons. The van der Waals surface area contributed by atoms with Gasteiger partial charge in [0.1, 0.15) is 0 Å². The summed E-state index contributed by atoms with van der Waals surface area (Å²) in [7, 11) is -2.87. The number of hydrogen-bond acceptors (Lipinski definition) is 9. The van der Waals surface area contributed by atoms with Crippen LogP contribution in [-0.2, 0) is 49.0 Å². The SMILES string of the molecule is CC(=O)OC1CC(=O)N1c1cccc(CN2C(=O)[C@]3(O[C@H](CCn4cc(CCO)nn4)[C@@H]([Si](C)(C)O)[C@@H]3C)c3cc(Cl)ccc32)c1. The molecule has 2 fully saturated rings. The van der Waals surface area contributed by atoms with Gasteiger partial charge in [-0.1, -0.05) is 35.9 Å². The molecule has 2 saturated heterocycles. The highest BCUT2D eigenvalue weighted by Crippen LogP contribution is 2.60. The van der Waals surface area contributed by atoms with Crippen LogP contribution in [0.1, 0.15) is 43.5 Å². The molecule has 0 radical (unpaired) electrons. The first-order valence-electron chi connectivity index (χ1n) is 15.4. The highest BCUT2D eigenvalue weighted by Gasteiger charge is 2.66. The van der Waals surface area contributed by atoms with E-state index in [-0.39, 0.29) is 42.8 Å². The van der Waals surface area contributed by atoms with Crippen LogP contribution < -0.4 is 9.80 Å². The fourth-order valence-electron chi connectivity index (χ4n) is 7.38. The van der Waals surface area contributed by atoms with Crippen LogP contribution in [0.5, 0.6) is 0 Å². The van der Waals surface area contributed by atoms with Crippen molar-refractivity contribution in [2.24, 2.45) is 5.92 Å². The maximum absolute atomic E-state index is 14.7. The molecule has 5 atom stereocenters. The molecule has 1 spiro atoms. The molecule has 0 aliphatic carbocycles. The topological polar surface area (TPSA) is 147 Å². The summed E-state index contributed by atoms with van der Waals surface area (Å²) >= 11 is 6.53. The van der Waals surface area contributed by atoms with Gasteiger partial charge in [-0.3, -0.25) is 24.0 Å². The molecular weight excluding hydrogens is 630 g/mol. The number of ether oxygens (including phenoxy) is 2. The summed E-state index contributed by atoms with van der Waals surface area (Å²) < 4.78 is 13.9. The minimum Gasteiger partial charge on any atom is -0.441 e. The highest BCUT2D eigenvalue weighted by atomic mass is 35.5. The predicted octanol–water partition coefficient (Wildman–Crippen LogP) is 3.53. The van der Waals surface area contributed by atoms with Gasteiger partial charge in [-0.2, -0.15) is 0 Å². The van der Waals surface area contributed by atoms with E-state index in [4.69, 9.17) is 21.1 Å². The van der Waals surface area contributed by atoms with Crippen molar-refractivity contribution in [3.63, 3.8) is 0 Å². The highest BCUT2D eigenvalue weighted by molar-refractivity contribution is 6.71. The number of β-lactam (4-membered cyclic amide) rings is 1. The second-order valence-corrected chi connectivity index (χ2v) is 17.3. The summed E-state index contributed by atoms with van der Waals surface area (Å²) in [6.07, 6.45) is 1.70. The van der Waals surface area contributed by atoms with E-state index in [0.29, 0.717) is 47.0 Å². The van der Waals surface area contributed by atoms with Crippen LogP contribution in [0.3, 0.4) is 0 Å². The average molecular weight is 668 g/mol. The molecule has 6 rings (SSSR count). The number of rotatable bonds is 10. The van der Waals surface area contributed by atoms with E-state index < -0.39 is 32.2 Å². The Morgan fingerprint density at radius 2 is 2.00 bits per heavy atom. The molecular formula is C32H38ClN5O7Si. The minimum atomic E-state index is -2.87. The first-order chi connectivity index (χ1) is 21.8. The van der Waals surface area contributed by atoms with Crippen molar-refractivity contribution >= 4 is 49.1 Å². The molecule has 1 aromatic heterocycles. The Morgan fingerprint density at radius 3 is 2.70 bits per heavy atom. The molecule has 1 unspecified atom stereocenters. The fourth-order valence-corrected chi connectivity index (χ4v) is 10.2. The van der Waals surface area contributed by atoms with Gasteiger partial charge in [0.2, 0.25) is 5.91 Å². The number of fused-ring (bicyclic) bond motifs is 2. The molecule has 3 aromatic rings. The van der Waals surface area contributed by atoms with Crippen LogP contribution in [-0.4, -0.2) is 69.9 Å². The summed E-state index contributed by atoms with van der Waals surface area (Å²) in [6.45, 7) is 7.67. The van der Waals surface area contributed by atoms with Gasteiger partial charge in [0.15, 0.2) is 20.1 Å². The Balaban J connectivity index is 1.31. The number of halogens is 1. The summed E-state index contributed by atoms with van der Waals surface area (Å²) in [4.78, 5) is 53.4. The average Bonchev–Trinajstić information content (AvgIpc) is 3.62. The summed E-state index contributed by atoms with van der Waals surface area (Å²) in [5.74, 6) is -1.23. The van der Waals surface area contributed by atoms with E-state index in [1.165, 1.54) is 11.8 Å². The first kappa shape index (κ1) is 32.3. The number of esters is 1. The van der Waals surface area contributed by atoms with Crippen molar-refractivity contribution in [1.29, 1.82) is 0 Å². The third kappa shape index (κ3) is 5.64. The van der Waals surface area contributed by atoms with Crippen molar-refractivity contribution in [3.8, 4) is 0 Å². The Kier molecular flexibility index (Phi) is 8.57. The monoisotopic (exact) mass is 667 g/mol. The molecule has 2 aromatic carbocycles. The van der Waals surface area contributed by atoms with Gasteiger partial charge < -0.3 is 24.3 Å². The van der Waals surface area contributed by atoms with Crippen molar-refractivity contribution in [3.05, 3.63) is 70.5 Å². The van der Waals surface area contributed by atoms with Crippen LogP contribution in [0.2, 0.25) is 23.7 Å². The maximum Gasteiger partial charge on any atom is 0.304 e. The summed E-state index contributed by atoms with van der Waals surface area (Å²) in [5.41, 5.74) is 1.73. The first-order valence-corrected chi connectivity index (χ1v) is 18.8. The molecule has 46 heavy (non-hydrogen) atoms. The van der Waals surface area contributed by atoms with E-state index in [1.807, 2.05) is 38.2 Å². The van der Waals surface area contributed by atoms with Crippen molar-refractivity contribution in [2.75, 3.05) is 16.4 Å². The van der Waals surface area contributed by atoms with E-state index in [2.05, 4.69) is 10.3 Å². The van der Waals surface area contributed by atoms with E-state index in [9.17, 15) is 24.3 Å². The third-order valence-electron chi connectivity index (χ3n) is 9.28. The molecule has 2 amide bonds. The number of aliphatic hydroxyl groups is 1. The van der Waals surface area contributed by atoms with Gasteiger partial charge in [0.05, 0.1) is 30.5 Å². The molecule has 3 aliphatic rings. The van der Waals surface area contributed by atoms with Crippen LogP contribution in [0.25, 0.3) is 0 Å². The standard InChI is InChI=1S/C32H38ClN5O7Si/c1-19-30(46(3,4)43)27(10-12-36-18-23(11-13-39)34-35-36)45-32(19)25-15-22(33)8-9-26(25)37(31(32)42)17-21-6-5-7-24(14-21)38-28(41)16-29(38)44-20(2)40/h5-9,14-15,18-19,27,29-30,39,43H,10-13,16-17H2,1-4H3/t19-,27+,29?,30-,32+/m0/s1. The van der Waals surface area contributed by atoms with Gasteiger partial charge in [0.25, 0.3) is 5.91 Å². The lowest BCUT2D eigenvalue weighted by atomic mass is 9.82. The number of amides is 2. The molecule has 3 aliphatic heterocycles. The number of aromatic nitrogens is 3. The largest absolute Gasteiger partial charge is 0.441 e. The lowest BCUT2D eigenvalue weighted by molar-refractivity contribution is -0.154. The smallest absolute Gasteiger partial charge is 0.304 e. The molecule has 0 bridgehead atoms. The van der Waals surface area contributed by atoms with Crippen LogP contribution in [0.4, 0.5) is 11.4 Å². The third-order valence-corrected chi connectivity index (χ3v) is 12.0. The van der Waals surface area contributed by atoms with Crippen LogP contribution in [0.15, 0.2) is 48.7 Å². The Morgan fingerprint density at radius 1 is 1.22 bits per heavy atom. The van der Waals surface area contributed by atoms with Gasteiger partial charge in [-0.15, -0.1) is 5.10 Å². The van der Waals surface area contributed by atoms with Crippen LogP contribution in [0, 0.1) is 5.92 Å². The number of carbonyl (C=O) groups is 3. The molecule has 12 nitrogen and oxygen atoms in total. The minimum absolute atomic E-state index is 0.0209. The lowest BCUT2D eigenvalue weighted by Gasteiger charge is -2.39. The number of aryl methyl sites for hydroxylation is 1. The Hall–Kier alpha value is -3.62. The summed E-state index contributed by atoms with van der Waals surface area (Å²) in [5, 5.41) is 18.0. The van der Waals surface area contributed by atoms with E-state index in [1.54, 1.807) is 40.0 Å². The maximum atomic E-state index is 14.7. The second-order valence-electron chi connectivity index (χ2n) is 12.8. The zero-order valence-electron chi connectivity index (χ0n) is 26.2. The molecule has 2 N–H and O–H groups in total. The second kappa shape index (κ2) is 12.2. The number of anilines is 2. The Bertz CT molecular complexity index is 1680. The van der Waals surface area contributed by atoms with E-state index >= 15 is 0 Å². The number of nitrogens with zero attached hydrogens (tertiary/aromatic N) is 5. The number of aliphatic hydroxyl groups excluding tert-OH is 1. The number of hydrogen-bond donors (Lipinski definition) is 2. The Labute approximate surface area is 273 Å². The zero-order chi connectivity index (χ0) is 33.0. The van der Waals surface area contributed by atoms with Gasteiger partial charge in [-0.05, 0) is 55.4 Å². The van der Waals surface area contributed by atoms with Crippen molar-refractivity contribution in [2.45, 2.75) is 82.8 Å². The van der Waals surface area contributed by atoms with Gasteiger partial charge in [0, 0.05) is 60.4 Å². The fraction of sp³-hybridized carbons (Fsp3) is 0.469. The van der Waals surface area contributed by atoms with Crippen LogP contribution >= 0.6 is 11.6 Å². The zero-order valence-corrected chi connectivity index (χ0v) is 28.0. The molecule has 0 saturated carbocycles. The lowest BCUT2D eigenvalue weighted by Crippen LogP contribution is -2.54. The van der Waals surface area contributed by atoms with Gasteiger partial charge in [-0.25, -0.2) is 0 Å². The normalized spacial score (nSPS) is 25.7. The van der Waals surface area contributed by atoms with Gasteiger partial charge >= 0.3 is 5.97 Å². The number of carbonyl (C=O) groups excluding carboxylic acids is 3. The summed E-state index contributed by atoms with van der Waals surface area (Å²) in [6, 6.07) is 12.6. The van der Waals surface area contributed by atoms with Crippen molar-refractivity contribution in [1.82, 2.24) is 15.0 Å². The molecule has 4 heterocycles. The number of benzene rings is 2. The predicted molar refractivity (Wildman–Crippen MR) is 171 cm³/mol. The molecule has 14 heteroatoms. The quantitative estimate of drug-likeness (QED) is 0.188. The van der Waals surface area contributed by atoms with E-state index in [0.717, 1.165) is 5.56 Å². The van der Waals surface area contributed by atoms with Crippen molar-refractivity contribution < 1.29 is 33.8 Å².